The third kappa shape index (κ3) is 5.09. The van der Waals surface area contributed by atoms with Crippen molar-refractivity contribution in [2.24, 2.45) is 0 Å². The van der Waals surface area contributed by atoms with Crippen LogP contribution in [0, 0.1) is 0 Å². The second-order valence-electron chi connectivity index (χ2n) is 6.07. The first-order valence-corrected chi connectivity index (χ1v) is 9.74. The molecule has 0 saturated heterocycles. The van der Waals surface area contributed by atoms with Crippen LogP contribution in [0.25, 0.3) is 17.7 Å². The molecule has 0 aliphatic rings. The van der Waals surface area contributed by atoms with E-state index in [2.05, 4.69) is 39.8 Å². The second-order valence-corrected chi connectivity index (χ2v) is 7.22. The number of methoxy groups -OCH3 is 2. The van der Waals surface area contributed by atoms with Gasteiger partial charge in [0.15, 0.2) is 0 Å². The molecule has 0 spiro atoms. The molecule has 0 radical (unpaired) electrons. The molecule has 4 nitrogen and oxygen atoms in total. The molecule has 0 fully saturated rings. The minimum atomic E-state index is -0.725. The third-order valence-corrected chi connectivity index (χ3v) is 5.18. The number of hydrogen-bond acceptors (Lipinski definition) is 5. The lowest BCUT2D eigenvalue weighted by Crippen LogP contribution is -2.15. The van der Waals surface area contributed by atoms with Crippen molar-refractivity contribution in [2.75, 3.05) is 14.2 Å². The number of hydrogen-bond donors (Lipinski definition) is 0. The van der Waals surface area contributed by atoms with Gasteiger partial charge in [0, 0.05) is 9.75 Å². The number of esters is 2. The summed E-state index contributed by atoms with van der Waals surface area (Å²) in [7, 11) is 2.46. The largest absolute Gasteiger partial charge is 0.465 e. The normalized spacial score (nSPS) is 10.0. The van der Waals surface area contributed by atoms with Crippen molar-refractivity contribution in [3.05, 3.63) is 99.3 Å². The molecule has 0 aliphatic heterocycles. The summed E-state index contributed by atoms with van der Waals surface area (Å²) in [5.74, 6) is -1.45. The third-order valence-electron chi connectivity index (χ3n) is 4.20. The lowest BCUT2D eigenvalue weighted by atomic mass is 9.97. The Bertz CT molecular complexity index is 987. The van der Waals surface area contributed by atoms with Crippen LogP contribution in [-0.2, 0) is 19.1 Å². The van der Waals surface area contributed by atoms with E-state index in [1.807, 2.05) is 48.5 Å². The summed E-state index contributed by atoms with van der Waals surface area (Å²) in [6, 6.07) is 24.1. The minimum absolute atomic E-state index is 0.140. The number of carbonyl (C=O) groups excluding carboxylic acids is 2. The van der Waals surface area contributed by atoms with Gasteiger partial charge >= 0.3 is 11.9 Å². The maximum atomic E-state index is 11.9. The van der Waals surface area contributed by atoms with Crippen molar-refractivity contribution in [3.8, 4) is 0 Å². The Morgan fingerprint density at radius 3 is 1.59 bits per heavy atom. The van der Waals surface area contributed by atoms with Crippen molar-refractivity contribution in [2.45, 2.75) is 0 Å². The fourth-order valence-electron chi connectivity index (χ4n) is 2.80. The SMILES string of the molecule is COC(=O)C(=Cc1ccc(C=C(c2ccccc2)c2ccccc2)s1)C(=O)OC. The van der Waals surface area contributed by atoms with Gasteiger partial charge in [-0.2, -0.15) is 0 Å². The molecule has 0 saturated carbocycles. The molecule has 0 N–H and O–H groups in total. The summed E-state index contributed by atoms with van der Waals surface area (Å²) in [5, 5.41) is 0. The van der Waals surface area contributed by atoms with E-state index in [4.69, 9.17) is 0 Å². The highest BCUT2D eigenvalue weighted by Crippen LogP contribution is 2.29. The second kappa shape index (κ2) is 9.66. The zero-order valence-corrected chi connectivity index (χ0v) is 16.9. The standard InChI is InChI=1S/C24H20O4S/c1-27-23(25)22(24(26)28-2)16-20-14-13-19(29-20)15-21(17-9-5-3-6-10-17)18-11-7-4-8-12-18/h3-16H,1-2H3. The summed E-state index contributed by atoms with van der Waals surface area (Å²) in [6.45, 7) is 0. The summed E-state index contributed by atoms with van der Waals surface area (Å²) < 4.78 is 9.36. The van der Waals surface area contributed by atoms with Crippen LogP contribution in [0.3, 0.4) is 0 Å². The highest BCUT2D eigenvalue weighted by molar-refractivity contribution is 7.13. The van der Waals surface area contributed by atoms with Gasteiger partial charge in [0.05, 0.1) is 14.2 Å². The maximum absolute atomic E-state index is 11.9. The van der Waals surface area contributed by atoms with Crippen molar-refractivity contribution < 1.29 is 19.1 Å². The van der Waals surface area contributed by atoms with Crippen LogP contribution in [-0.4, -0.2) is 26.2 Å². The van der Waals surface area contributed by atoms with Crippen LogP contribution < -0.4 is 0 Å². The van der Waals surface area contributed by atoms with Crippen molar-refractivity contribution in [1.29, 1.82) is 0 Å². The molecular formula is C24H20O4S. The van der Waals surface area contributed by atoms with Gasteiger partial charge in [-0.15, -0.1) is 11.3 Å². The Morgan fingerprint density at radius 2 is 1.14 bits per heavy atom. The van der Waals surface area contributed by atoms with Crippen LogP contribution >= 0.6 is 11.3 Å². The fraction of sp³-hybridized carbons (Fsp3) is 0.0833. The fourth-order valence-corrected chi connectivity index (χ4v) is 3.70. The zero-order valence-electron chi connectivity index (χ0n) is 16.1. The molecule has 0 aliphatic carbocycles. The summed E-state index contributed by atoms with van der Waals surface area (Å²) >= 11 is 1.47. The lowest BCUT2D eigenvalue weighted by Gasteiger charge is -2.08. The molecule has 0 atom stereocenters. The maximum Gasteiger partial charge on any atom is 0.345 e. The summed E-state index contributed by atoms with van der Waals surface area (Å²) in [4.78, 5) is 25.5. The predicted octanol–water partition coefficient (Wildman–Crippen LogP) is 5.07. The molecule has 2 aromatic carbocycles. The van der Waals surface area contributed by atoms with Crippen molar-refractivity contribution in [3.63, 3.8) is 0 Å². The van der Waals surface area contributed by atoms with E-state index in [0.717, 1.165) is 26.5 Å². The summed E-state index contributed by atoms with van der Waals surface area (Å²) in [5.41, 5.74) is 3.16. The van der Waals surface area contributed by atoms with E-state index in [-0.39, 0.29) is 5.57 Å². The Morgan fingerprint density at radius 1 is 0.690 bits per heavy atom. The van der Waals surface area contributed by atoms with Gasteiger partial charge in [0.25, 0.3) is 0 Å². The Kier molecular flexibility index (Phi) is 6.76. The van der Waals surface area contributed by atoms with Crippen LogP contribution in [0.5, 0.6) is 0 Å². The van der Waals surface area contributed by atoms with Crippen LogP contribution in [0.1, 0.15) is 20.9 Å². The van der Waals surface area contributed by atoms with E-state index in [9.17, 15) is 9.59 Å². The van der Waals surface area contributed by atoms with E-state index in [0.29, 0.717) is 0 Å². The number of carbonyl (C=O) groups is 2. The van der Waals surface area contributed by atoms with Gasteiger partial charge in [0.2, 0.25) is 0 Å². The highest BCUT2D eigenvalue weighted by atomic mass is 32.1. The van der Waals surface area contributed by atoms with Gasteiger partial charge in [-0.3, -0.25) is 0 Å². The molecule has 5 heteroatoms. The molecule has 1 aromatic heterocycles. The average molecular weight is 404 g/mol. The molecule has 146 valence electrons. The van der Waals surface area contributed by atoms with Gasteiger partial charge in [0.1, 0.15) is 5.57 Å². The lowest BCUT2D eigenvalue weighted by molar-refractivity contribution is -0.143. The molecule has 29 heavy (non-hydrogen) atoms. The van der Waals surface area contributed by atoms with Gasteiger partial charge in [-0.1, -0.05) is 60.7 Å². The van der Waals surface area contributed by atoms with Crippen LogP contribution in [0.15, 0.2) is 78.4 Å². The molecule has 1 heterocycles. The Balaban J connectivity index is 2.01. The average Bonchev–Trinajstić information content (AvgIpc) is 3.23. The molecule has 0 unspecified atom stereocenters. The van der Waals surface area contributed by atoms with Gasteiger partial charge < -0.3 is 9.47 Å². The van der Waals surface area contributed by atoms with Crippen molar-refractivity contribution >= 4 is 41.0 Å². The minimum Gasteiger partial charge on any atom is -0.465 e. The Hall–Kier alpha value is -3.44. The molecule has 3 rings (SSSR count). The number of ether oxygens (including phenoxy) is 2. The number of rotatable bonds is 6. The van der Waals surface area contributed by atoms with E-state index >= 15 is 0 Å². The highest BCUT2D eigenvalue weighted by Gasteiger charge is 2.20. The predicted molar refractivity (Wildman–Crippen MR) is 116 cm³/mol. The van der Waals surface area contributed by atoms with E-state index in [1.54, 1.807) is 0 Å². The van der Waals surface area contributed by atoms with Crippen LogP contribution in [0.2, 0.25) is 0 Å². The summed E-state index contributed by atoms with van der Waals surface area (Å²) in [6.07, 6.45) is 3.59. The number of thiophene rings is 1. The molecule has 0 amide bonds. The van der Waals surface area contributed by atoms with Crippen molar-refractivity contribution in [1.82, 2.24) is 0 Å². The quantitative estimate of drug-likeness (QED) is 0.249. The first-order chi connectivity index (χ1) is 14.1. The van der Waals surface area contributed by atoms with Crippen LogP contribution in [0.4, 0.5) is 0 Å². The monoisotopic (exact) mass is 404 g/mol. The zero-order chi connectivity index (χ0) is 20.6. The van der Waals surface area contributed by atoms with E-state index in [1.165, 1.54) is 31.6 Å². The number of benzene rings is 2. The smallest absolute Gasteiger partial charge is 0.345 e. The molecule has 0 bridgehead atoms. The Labute approximate surface area is 173 Å². The molecular weight excluding hydrogens is 384 g/mol. The first kappa shape index (κ1) is 20.3. The van der Waals surface area contributed by atoms with Gasteiger partial charge in [-0.05, 0) is 41.0 Å². The van der Waals surface area contributed by atoms with Gasteiger partial charge in [-0.25, -0.2) is 9.59 Å². The molecule has 3 aromatic rings. The topological polar surface area (TPSA) is 52.6 Å². The first-order valence-electron chi connectivity index (χ1n) is 8.93. The van der Waals surface area contributed by atoms with E-state index < -0.39 is 11.9 Å².